The van der Waals surface area contributed by atoms with Crippen LogP contribution in [0.2, 0.25) is 0 Å². The molecule has 0 aromatic heterocycles. The van der Waals surface area contributed by atoms with Gasteiger partial charge in [0.1, 0.15) is 11.9 Å². The van der Waals surface area contributed by atoms with Gasteiger partial charge in [0, 0.05) is 0 Å². The van der Waals surface area contributed by atoms with Gasteiger partial charge in [-0.2, -0.15) is 0 Å². The Morgan fingerprint density at radius 2 is 1.67 bits per heavy atom. The van der Waals surface area contributed by atoms with Crippen molar-refractivity contribution in [3.8, 4) is 5.75 Å². The zero-order valence-electron chi connectivity index (χ0n) is 10.4. The molecule has 1 unspecified atom stereocenters. The van der Waals surface area contributed by atoms with Crippen LogP contribution in [0.1, 0.15) is 22.8 Å². The summed E-state index contributed by atoms with van der Waals surface area (Å²) in [4.78, 5) is 0. The van der Waals surface area contributed by atoms with Crippen LogP contribution in [0, 0.1) is 6.92 Å². The van der Waals surface area contributed by atoms with Gasteiger partial charge >= 0.3 is 0 Å². The van der Waals surface area contributed by atoms with Crippen molar-refractivity contribution in [2.45, 2.75) is 13.0 Å². The molecule has 3 heteroatoms. The number of ether oxygens (including phenoxy) is 1. The molecule has 94 valence electrons. The molecule has 2 rings (SSSR count). The van der Waals surface area contributed by atoms with Gasteiger partial charge in [-0.1, -0.05) is 35.9 Å². The Bertz CT molecular complexity index is 535. The van der Waals surface area contributed by atoms with Crippen LogP contribution < -0.4 is 4.74 Å². The lowest BCUT2D eigenvalue weighted by atomic mass is 10.0. The molecule has 2 nitrogen and oxygen atoms in total. The first-order chi connectivity index (χ1) is 8.61. The van der Waals surface area contributed by atoms with Crippen LogP contribution in [-0.4, -0.2) is 12.2 Å². The second-order valence-electron chi connectivity index (χ2n) is 4.21. The van der Waals surface area contributed by atoms with Gasteiger partial charge in [0.25, 0.3) is 0 Å². The van der Waals surface area contributed by atoms with Crippen molar-refractivity contribution in [1.82, 2.24) is 0 Å². The lowest BCUT2D eigenvalue weighted by Gasteiger charge is -2.13. The lowest BCUT2D eigenvalue weighted by Crippen LogP contribution is -2.00. The molecule has 0 fully saturated rings. The molecule has 0 aliphatic rings. The number of aliphatic hydroxyl groups is 1. The molecule has 2 aromatic rings. The third kappa shape index (κ3) is 2.74. The Morgan fingerprint density at radius 3 is 2.22 bits per heavy atom. The highest BCUT2D eigenvalue weighted by Crippen LogP contribution is 2.30. The van der Waals surface area contributed by atoms with Gasteiger partial charge < -0.3 is 9.84 Å². The molecule has 0 saturated carbocycles. The van der Waals surface area contributed by atoms with Crippen LogP contribution in [0.4, 0.5) is 0 Å². The van der Waals surface area contributed by atoms with Crippen LogP contribution in [0.3, 0.4) is 0 Å². The normalized spacial score (nSPS) is 12.2. The third-order valence-electron chi connectivity index (χ3n) is 2.88. The average molecular weight is 307 g/mol. The number of hydrogen-bond acceptors (Lipinski definition) is 2. The monoisotopic (exact) mass is 306 g/mol. The number of hydrogen-bond donors (Lipinski definition) is 1. The molecule has 0 heterocycles. The number of halogens is 1. The standard InChI is InChI=1S/C15H15BrO2/c1-10-3-5-11(6-4-10)15(17)12-7-8-14(18-2)13(16)9-12/h3-9,15,17H,1-2H3. The third-order valence-corrected chi connectivity index (χ3v) is 3.50. The fourth-order valence-electron chi connectivity index (χ4n) is 1.79. The van der Waals surface area contributed by atoms with Gasteiger partial charge in [0.05, 0.1) is 11.6 Å². The minimum Gasteiger partial charge on any atom is -0.496 e. The van der Waals surface area contributed by atoms with E-state index in [0.717, 1.165) is 21.3 Å². The first-order valence-electron chi connectivity index (χ1n) is 5.70. The predicted molar refractivity (Wildman–Crippen MR) is 75.9 cm³/mol. The Balaban J connectivity index is 2.31. The van der Waals surface area contributed by atoms with Crippen LogP contribution in [0.25, 0.3) is 0 Å². The molecule has 0 spiro atoms. The molecule has 0 amide bonds. The zero-order valence-corrected chi connectivity index (χ0v) is 11.9. The van der Waals surface area contributed by atoms with Gasteiger partial charge in [-0.25, -0.2) is 0 Å². The highest BCUT2D eigenvalue weighted by Gasteiger charge is 2.12. The van der Waals surface area contributed by atoms with E-state index in [1.165, 1.54) is 5.56 Å². The van der Waals surface area contributed by atoms with Crippen LogP contribution >= 0.6 is 15.9 Å². The van der Waals surface area contributed by atoms with Crippen LogP contribution in [0.15, 0.2) is 46.9 Å². The van der Waals surface area contributed by atoms with Crippen molar-refractivity contribution >= 4 is 15.9 Å². The smallest absolute Gasteiger partial charge is 0.133 e. The van der Waals surface area contributed by atoms with Crippen LogP contribution in [-0.2, 0) is 0 Å². The van der Waals surface area contributed by atoms with Crippen molar-refractivity contribution in [1.29, 1.82) is 0 Å². The molecular formula is C15H15BrO2. The number of aliphatic hydroxyl groups excluding tert-OH is 1. The average Bonchev–Trinajstić information content (AvgIpc) is 2.38. The first-order valence-corrected chi connectivity index (χ1v) is 6.49. The fraction of sp³-hybridized carbons (Fsp3) is 0.200. The first kappa shape index (κ1) is 13.1. The lowest BCUT2D eigenvalue weighted by molar-refractivity contribution is 0.220. The zero-order chi connectivity index (χ0) is 13.1. The summed E-state index contributed by atoms with van der Waals surface area (Å²) in [5.74, 6) is 0.759. The molecule has 0 bridgehead atoms. The van der Waals surface area contributed by atoms with Gasteiger partial charge in [-0.05, 0) is 46.1 Å². The van der Waals surface area contributed by atoms with E-state index in [4.69, 9.17) is 4.74 Å². The summed E-state index contributed by atoms with van der Waals surface area (Å²) in [6.07, 6.45) is -0.618. The Hall–Kier alpha value is -1.32. The van der Waals surface area contributed by atoms with E-state index in [9.17, 15) is 5.11 Å². The Labute approximate surface area is 115 Å². The van der Waals surface area contributed by atoms with E-state index in [1.807, 2.05) is 49.4 Å². The molecule has 0 radical (unpaired) electrons. The second-order valence-corrected chi connectivity index (χ2v) is 5.06. The number of aryl methyl sites for hydroxylation is 1. The van der Waals surface area contributed by atoms with Gasteiger partial charge in [0.2, 0.25) is 0 Å². The predicted octanol–water partition coefficient (Wildman–Crippen LogP) is 3.85. The second kappa shape index (κ2) is 5.55. The quantitative estimate of drug-likeness (QED) is 0.933. The highest BCUT2D eigenvalue weighted by atomic mass is 79.9. The van der Waals surface area contributed by atoms with Gasteiger partial charge in [-0.15, -0.1) is 0 Å². The summed E-state index contributed by atoms with van der Waals surface area (Å²) in [7, 11) is 1.62. The summed E-state index contributed by atoms with van der Waals surface area (Å²) < 4.78 is 6.01. The summed E-state index contributed by atoms with van der Waals surface area (Å²) in [5, 5.41) is 10.3. The maximum atomic E-state index is 10.3. The minimum absolute atomic E-state index is 0.618. The highest BCUT2D eigenvalue weighted by molar-refractivity contribution is 9.10. The van der Waals surface area contributed by atoms with E-state index in [-0.39, 0.29) is 0 Å². The Kier molecular flexibility index (Phi) is 4.04. The molecule has 0 saturated heterocycles. The summed E-state index contributed by atoms with van der Waals surface area (Å²) in [5.41, 5.74) is 2.91. The van der Waals surface area contributed by atoms with Crippen molar-refractivity contribution in [2.75, 3.05) is 7.11 Å². The molecular weight excluding hydrogens is 292 g/mol. The fourth-order valence-corrected chi connectivity index (χ4v) is 2.35. The van der Waals surface area contributed by atoms with E-state index in [0.29, 0.717) is 0 Å². The van der Waals surface area contributed by atoms with Gasteiger partial charge in [0.15, 0.2) is 0 Å². The summed E-state index contributed by atoms with van der Waals surface area (Å²) in [6.45, 7) is 2.03. The summed E-state index contributed by atoms with van der Waals surface area (Å²) in [6, 6.07) is 13.5. The molecule has 1 N–H and O–H groups in total. The number of benzene rings is 2. The number of rotatable bonds is 3. The molecule has 18 heavy (non-hydrogen) atoms. The summed E-state index contributed by atoms with van der Waals surface area (Å²) >= 11 is 3.42. The molecule has 1 atom stereocenters. The van der Waals surface area contributed by atoms with E-state index in [2.05, 4.69) is 15.9 Å². The van der Waals surface area contributed by atoms with E-state index in [1.54, 1.807) is 7.11 Å². The molecule has 0 aliphatic carbocycles. The van der Waals surface area contributed by atoms with Crippen LogP contribution in [0.5, 0.6) is 5.75 Å². The maximum Gasteiger partial charge on any atom is 0.133 e. The largest absolute Gasteiger partial charge is 0.496 e. The van der Waals surface area contributed by atoms with Crippen molar-refractivity contribution in [3.63, 3.8) is 0 Å². The van der Waals surface area contributed by atoms with E-state index >= 15 is 0 Å². The minimum atomic E-state index is -0.618. The van der Waals surface area contributed by atoms with Crippen molar-refractivity contribution < 1.29 is 9.84 Å². The topological polar surface area (TPSA) is 29.5 Å². The maximum absolute atomic E-state index is 10.3. The molecule has 0 aliphatic heterocycles. The SMILES string of the molecule is COc1ccc(C(O)c2ccc(C)cc2)cc1Br. The van der Waals surface area contributed by atoms with Gasteiger partial charge in [-0.3, -0.25) is 0 Å². The van der Waals surface area contributed by atoms with E-state index < -0.39 is 6.10 Å². The van der Waals surface area contributed by atoms with Crippen molar-refractivity contribution in [3.05, 3.63) is 63.6 Å². The molecule has 2 aromatic carbocycles. The number of methoxy groups -OCH3 is 1. The van der Waals surface area contributed by atoms with Crippen molar-refractivity contribution in [2.24, 2.45) is 0 Å². The Morgan fingerprint density at radius 1 is 1.06 bits per heavy atom.